The number of fused-ring (bicyclic) bond motifs is 1. The van der Waals surface area contributed by atoms with Gasteiger partial charge in [0.25, 0.3) is 11.5 Å². The number of hydrogen-bond donors (Lipinski definition) is 2. The minimum Gasteiger partial charge on any atom is -0.496 e. The zero-order chi connectivity index (χ0) is 28.5. The van der Waals surface area contributed by atoms with Gasteiger partial charge >= 0.3 is 11.7 Å². The Hall–Kier alpha value is -3.40. The summed E-state index contributed by atoms with van der Waals surface area (Å²) in [6.07, 6.45) is 6.23. The molecule has 210 valence electrons. The molecule has 2 N–H and O–H groups in total. The SMILES string of the molecule is CCNC(=O)c1sc2c(c1C)c(=O)n(C(C)(C)C(=O)O)c(=O)n2CCc1c(OC)cccc1C1CCCCC1. The summed E-state index contributed by atoms with van der Waals surface area (Å²) in [5.74, 6) is -0.475. The van der Waals surface area contributed by atoms with Crippen LogP contribution in [0.15, 0.2) is 27.8 Å². The number of amides is 1. The molecule has 2 aromatic heterocycles. The summed E-state index contributed by atoms with van der Waals surface area (Å²) < 4.78 is 7.99. The van der Waals surface area contributed by atoms with Gasteiger partial charge in [-0.2, -0.15) is 0 Å². The summed E-state index contributed by atoms with van der Waals surface area (Å²) in [5.41, 5.74) is -0.542. The molecule has 0 atom stereocenters. The van der Waals surface area contributed by atoms with Gasteiger partial charge in [-0.05, 0) is 75.6 Å². The maximum atomic E-state index is 13.9. The van der Waals surface area contributed by atoms with E-state index >= 15 is 0 Å². The smallest absolute Gasteiger partial charge is 0.333 e. The van der Waals surface area contributed by atoms with Gasteiger partial charge in [-0.1, -0.05) is 31.4 Å². The number of carboxylic acids is 1. The number of thiophene rings is 1. The van der Waals surface area contributed by atoms with Gasteiger partial charge in [0.15, 0.2) is 0 Å². The quantitative estimate of drug-likeness (QED) is 0.404. The molecule has 0 spiro atoms. The van der Waals surface area contributed by atoms with Crippen LogP contribution in [0.2, 0.25) is 0 Å². The Morgan fingerprint density at radius 1 is 1.18 bits per heavy atom. The van der Waals surface area contributed by atoms with Gasteiger partial charge in [-0.3, -0.25) is 14.2 Å². The fourth-order valence-electron chi connectivity index (χ4n) is 5.65. The lowest BCUT2D eigenvalue weighted by molar-refractivity contribution is -0.146. The largest absolute Gasteiger partial charge is 0.496 e. The third-order valence-corrected chi connectivity index (χ3v) is 9.17. The molecule has 9 nitrogen and oxygen atoms in total. The van der Waals surface area contributed by atoms with Crippen molar-refractivity contribution >= 4 is 33.4 Å². The number of carboxylic acid groups (broad SMARTS) is 1. The number of aromatic nitrogens is 2. The molecular formula is C29H37N3O6S. The second kappa shape index (κ2) is 11.4. The maximum Gasteiger partial charge on any atom is 0.333 e. The molecule has 1 saturated carbocycles. The molecule has 10 heteroatoms. The zero-order valence-corrected chi connectivity index (χ0v) is 24.1. The average Bonchev–Trinajstić information content (AvgIpc) is 3.26. The highest BCUT2D eigenvalue weighted by Crippen LogP contribution is 2.38. The Morgan fingerprint density at radius 3 is 2.49 bits per heavy atom. The molecule has 1 aromatic carbocycles. The van der Waals surface area contributed by atoms with E-state index < -0.39 is 22.8 Å². The van der Waals surface area contributed by atoms with Crippen molar-refractivity contribution in [2.24, 2.45) is 0 Å². The van der Waals surface area contributed by atoms with Crippen LogP contribution >= 0.6 is 11.3 Å². The molecule has 1 amide bonds. The number of nitrogens with one attached hydrogen (secondary N) is 1. The lowest BCUT2D eigenvalue weighted by Gasteiger charge is -2.26. The van der Waals surface area contributed by atoms with E-state index in [1.54, 1.807) is 21.0 Å². The summed E-state index contributed by atoms with van der Waals surface area (Å²) in [4.78, 5) is 53.2. The molecule has 1 fully saturated rings. The monoisotopic (exact) mass is 555 g/mol. The number of nitrogens with zero attached hydrogens (tertiary/aromatic N) is 2. The van der Waals surface area contributed by atoms with Crippen LogP contribution < -0.4 is 21.3 Å². The third kappa shape index (κ3) is 5.14. The molecular weight excluding hydrogens is 518 g/mol. The normalized spacial score (nSPS) is 14.5. The van der Waals surface area contributed by atoms with Crippen LogP contribution in [0, 0.1) is 6.92 Å². The van der Waals surface area contributed by atoms with Crippen LogP contribution in [0.3, 0.4) is 0 Å². The second-order valence-electron chi connectivity index (χ2n) is 10.6. The van der Waals surface area contributed by atoms with Gasteiger partial charge < -0.3 is 15.2 Å². The number of carbonyl (C=O) groups is 2. The van der Waals surface area contributed by atoms with E-state index in [-0.39, 0.29) is 17.8 Å². The first-order chi connectivity index (χ1) is 18.5. The van der Waals surface area contributed by atoms with E-state index in [1.807, 2.05) is 12.1 Å². The predicted molar refractivity (Wildman–Crippen MR) is 153 cm³/mol. The van der Waals surface area contributed by atoms with E-state index in [0.29, 0.717) is 34.2 Å². The minimum atomic E-state index is -1.79. The van der Waals surface area contributed by atoms with Crippen molar-refractivity contribution in [3.05, 3.63) is 60.6 Å². The summed E-state index contributed by atoms with van der Waals surface area (Å²) in [5, 5.41) is 12.9. The molecule has 1 aliphatic carbocycles. The number of hydrogen-bond acceptors (Lipinski definition) is 6. The van der Waals surface area contributed by atoms with Crippen molar-refractivity contribution in [3.8, 4) is 5.75 Å². The minimum absolute atomic E-state index is 0.195. The Balaban J connectivity index is 1.92. The van der Waals surface area contributed by atoms with E-state index in [2.05, 4.69) is 11.4 Å². The number of aliphatic carboxylic acids is 1. The van der Waals surface area contributed by atoms with Crippen LogP contribution in [0.4, 0.5) is 0 Å². The fourth-order valence-corrected chi connectivity index (χ4v) is 6.89. The topological polar surface area (TPSA) is 120 Å². The highest BCUT2D eigenvalue weighted by Gasteiger charge is 2.35. The van der Waals surface area contributed by atoms with E-state index in [1.165, 1.54) is 43.2 Å². The lowest BCUT2D eigenvalue weighted by atomic mass is 9.81. The Kier molecular flexibility index (Phi) is 8.34. The predicted octanol–water partition coefficient (Wildman–Crippen LogP) is 4.40. The third-order valence-electron chi connectivity index (χ3n) is 7.86. The van der Waals surface area contributed by atoms with Gasteiger partial charge in [0, 0.05) is 13.1 Å². The number of aryl methyl sites for hydroxylation is 2. The van der Waals surface area contributed by atoms with E-state index in [0.717, 1.165) is 40.1 Å². The van der Waals surface area contributed by atoms with Gasteiger partial charge in [0.1, 0.15) is 16.1 Å². The summed E-state index contributed by atoms with van der Waals surface area (Å²) in [6, 6.07) is 6.04. The van der Waals surface area contributed by atoms with Crippen LogP contribution in [0.25, 0.3) is 10.2 Å². The molecule has 0 radical (unpaired) electrons. The molecule has 39 heavy (non-hydrogen) atoms. The van der Waals surface area contributed by atoms with Crippen molar-refractivity contribution < 1.29 is 19.4 Å². The van der Waals surface area contributed by atoms with E-state index in [9.17, 15) is 24.3 Å². The highest BCUT2D eigenvalue weighted by molar-refractivity contribution is 7.20. The fraction of sp³-hybridized carbons (Fsp3) is 0.517. The van der Waals surface area contributed by atoms with Crippen molar-refractivity contribution in [1.29, 1.82) is 0 Å². The van der Waals surface area contributed by atoms with Crippen LogP contribution in [0.5, 0.6) is 5.75 Å². The standard InChI is InChI=1S/C29H37N3O6S/c1-6-30-24(33)23-17(2)22-25(34)32(29(3,4)27(35)36)28(37)31(26(22)39-23)16-15-20-19(13-10-14-21(20)38-5)18-11-8-7-9-12-18/h10,13-14,18H,6-9,11-12,15-16H2,1-5H3,(H,30,33)(H,35,36). The molecule has 0 saturated heterocycles. The van der Waals surface area contributed by atoms with E-state index in [4.69, 9.17) is 4.74 Å². The van der Waals surface area contributed by atoms with Gasteiger partial charge in [0.05, 0.1) is 17.4 Å². The first kappa shape index (κ1) is 28.6. The first-order valence-corrected chi connectivity index (χ1v) is 14.3. The molecule has 3 aromatic rings. The molecule has 2 heterocycles. The molecule has 0 unspecified atom stereocenters. The van der Waals surface area contributed by atoms with Crippen molar-refractivity contribution in [2.75, 3.05) is 13.7 Å². The van der Waals surface area contributed by atoms with Crippen molar-refractivity contribution in [1.82, 2.24) is 14.5 Å². The lowest BCUT2D eigenvalue weighted by Crippen LogP contribution is -2.52. The molecule has 1 aliphatic rings. The number of rotatable bonds is 9. The molecule has 4 rings (SSSR count). The Morgan fingerprint density at radius 2 is 1.87 bits per heavy atom. The van der Waals surface area contributed by atoms with Crippen LogP contribution in [-0.4, -0.2) is 39.8 Å². The van der Waals surface area contributed by atoms with Crippen molar-refractivity contribution in [2.45, 2.75) is 84.2 Å². The summed E-state index contributed by atoms with van der Waals surface area (Å²) in [6.45, 7) is 6.74. The summed E-state index contributed by atoms with van der Waals surface area (Å²) >= 11 is 1.09. The number of ether oxygens (including phenoxy) is 1. The molecule has 0 bridgehead atoms. The Labute approximate surface area is 231 Å². The van der Waals surface area contributed by atoms with Gasteiger partial charge in [-0.25, -0.2) is 14.2 Å². The van der Waals surface area contributed by atoms with Gasteiger partial charge in [0.2, 0.25) is 0 Å². The first-order valence-electron chi connectivity index (χ1n) is 13.5. The number of carbonyl (C=O) groups excluding carboxylic acids is 1. The summed E-state index contributed by atoms with van der Waals surface area (Å²) in [7, 11) is 1.63. The van der Waals surface area contributed by atoms with Crippen LogP contribution in [-0.2, 0) is 23.3 Å². The average molecular weight is 556 g/mol. The van der Waals surface area contributed by atoms with Crippen molar-refractivity contribution in [3.63, 3.8) is 0 Å². The number of methoxy groups -OCH3 is 1. The highest BCUT2D eigenvalue weighted by atomic mass is 32.1. The molecule has 0 aliphatic heterocycles. The maximum absolute atomic E-state index is 13.9. The van der Waals surface area contributed by atoms with Crippen LogP contribution in [0.1, 0.15) is 85.2 Å². The number of benzene rings is 1. The Bertz CT molecular complexity index is 1520. The zero-order valence-electron chi connectivity index (χ0n) is 23.3. The second-order valence-corrected chi connectivity index (χ2v) is 11.6. The van der Waals surface area contributed by atoms with Gasteiger partial charge in [-0.15, -0.1) is 11.3 Å².